The topological polar surface area (TPSA) is 58.2 Å². The molecule has 2 aromatic rings. The van der Waals surface area contributed by atoms with Crippen LogP contribution in [0.2, 0.25) is 0 Å². The first-order valence-electron chi connectivity index (χ1n) is 7.78. The molecule has 0 bridgehead atoms. The zero-order valence-electron chi connectivity index (χ0n) is 13.1. The molecule has 5 nitrogen and oxygen atoms in total. The number of hydrogen-bond acceptors (Lipinski definition) is 3. The molecule has 122 valence electrons. The number of rotatable bonds is 4. The monoisotopic (exact) mass is 317 g/mol. The lowest BCUT2D eigenvalue weighted by atomic mass is 9.93. The summed E-state index contributed by atoms with van der Waals surface area (Å²) in [6, 6.07) is 6.32. The minimum Gasteiger partial charge on any atom is -0.494 e. The highest BCUT2D eigenvalue weighted by Crippen LogP contribution is 2.23. The van der Waals surface area contributed by atoms with E-state index in [1.807, 2.05) is 11.0 Å². The van der Waals surface area contributed by atoms with E-state index in [-0.39, 0.29) is 11.7 Å². The number of aromatic amines is 1. The van der Waals surface area contributed by atoms with Gasteiger partial charge >= 0.3 is 0 Å². The maximum Gasteiger partial charge on any atom is 0.253 e. The molecule has 0 spiro atoms. The molecule has 1 aromatic heterocycles. The van der Waals surface area contributed by atoms with Crippen molar-refractivity contribution in [2.24, 2.45) is 5.92 Å². The van der Waals surface area contributed by atoms with E-state index in [0.717, 1.165) is 25.0 Å². The molecule has 0 unspecified atom stereocenters. The molecule has 1 saturated heterocycles. The summed E-state index contributed by atoms with van der Waals surface area (Å²) < 4.78 is 18.7. The van der Waals surface area contributed by atoms with E-state index in [1.54, 1.807) is 12.3 Å². The third-order valence-electron chi connectivity index (χ3n) is 4.27. The standard InChI is InChI=1S/C17H20FN3O2/c1-23-16-5-4-13(10-15(16)18)17(22)21-8-2-3-12(11-21)9-14-6-7-19-20-14/h4-7,10,12H,2-3,8-9,11H2,1H3,(H,19,20)/t12-/m1/s1. The quantitative estimate of drug-likeness (QED) is 0.943. The van der Waals surface area contributed by atoms with Gasteiger partial charge in [0.05, 0.1) is 7.11 Å². The molecule has 0 aliphatic carbocycles. The predicted octanol–water partition coefficient (Wildman–Crippen LogP) is 2.65. The lowest BCUT2D eigenvalue weighted by Gasteiger charge is -2.32. The highest BCUT2D eigenvalue weighted by Gasteiger charge is 2.25. The summed E-state index contributed by atoms with van der Waals surface area (Å²) in [4.78, 5) is 14.4. The van der Waals surface area contributed by atoms with Gasteiger partial charge in [0.1, 0.15) is 0 Å². The van der Waals surface area contributed by atoms with Crippen LogP contribution in [-0.2, 0) is 6.42 Å². The second kappa shape index (κ2) is 6.81. The normalized spacial score (nSPS) is 18.0. The zero-order chi connectivity index (χ0) is 16.2. The number of likely N-dealkylation sites (tertiary alicyclic amines) is 1. The molecule has 3 rings (SSSR count). The summed E-state index contributed by atoms with van der Waals surface area (Å²) in [5, 5.41) is 6.92. The number of ether oxygens (including phenoxy) is 1. The summed E-state index contributed by atoms with van der Waals surface area (Å²) >= 11 is 0. The van der Waals surface area contributed by atoms with Gasteiger partial charge in [-0.25, -0.2) is 4.39 Å². The lowest BCUT2D eigenvalue weighted by Crippen LogP contribution is -2.40. The Morgan fingerprint density at radius 2 is 2.35 bits per heavy atom. The van der Waals surface area contributed by atoms with Crippen molar-refractivity contribution in [3.63, 3.8) is 0 Å². The van der Waals surface area contributed by atoms with Gasteiger partial charge in [0, 0.05) is 30.5 Å². The number of hydrogen-bond donors (Lipinski definition) is 1. The second-order valence-electron chi connectivity index (χ2n) is 5.89. The number of benzene rings is 1. The molecule has 1 fully saturated rings. The molecule has 2 heterocycles. The largest absolute Gasteiger partial charge is 0.494 e. The van der Waals surface area contributed by atoms with Crippen molar-refractivity contribution in [1.29, 1.82) is 0 Å². The Bertz CT molecular complexity index is 672. The predicted molar refractivity (Wildman–Crippen MR) is 83.9 cm³/mol. The van der Waals surface area contributed by atoms with Gasteiger partial charge in [-0.1, -0.05) is 0 Å². The molecule has 1 aromatic carbocycles. The van der Waals surface area contributed by atoms with Crippen LogP contribution >= 0.6 is 0 Å². The molecular formula is C17H20FN3O2. The molecule has 1 amide bonds. The van der Waals surface area contributed by atoms with Crippen molar-refractivity contribution in [3.8, 4) is 5.75 Å². The minimum absolute atomic E-state index is 0.124. The summed E-state index contributed by atoms with van der Waals surface area (Å²) in [5.74, 6) is -0.0844. The fourth-order valence-corrected chi connectivity index (χ4v) is 3.11. The number of H-pyrrole nitrogens is 1. The van der Waals surface area contributed by atoms with Crippen molar-refractivity contribution >= 4 is 5.91 Å². The number of amides is 1. The van der Waals surface area contributed by atoms with Crippen molar-refractivity contribution in [1.82, 2.24) is 15.1 Å². The Morgan fingerprint density at radius 3 is 3.04 bits per heavy atom. The Kier molecular flexibility index (Phi) is 4.60. The van der Waals surface area contributed by atoms with Gasteiger partial charge < -0.3 is 9.64 Å². The summed E-state index contributed by atoms with van der Waals surface area (Å²) in [7, 11) is 1.41. The number of nitrogens with one attached hydrogen (secondary N) is 1. The third kappa shape index (κ3) is 3.52. The van der Waals surface area contributed by atoms with Gasteiger partial charge in [0.15, 0.2) is 11.6 Å². The van der Waals surface area contributed by atoms with Crippen LogP contribution in [0.15, 0.2) is 30.5 Å². The Balaban J connectivity index is 1.68. The van der Waals surface area contributed by atoms with Crippen LogP contribution in [0.5, 0.6) is 5.75 Å². The number of halogens is 1. The summed E-state index contributed by atoms with van der Waals surface area (Å²) in [6.07, 6.45) is 4.66. The third-order valence-corrected chi connectivity index (χ3v) is 4.27. The molecule has 1 atom stereocenters. The average molecular weight is 317 g/mol. The van der Waals surface area contributed by atoms with Gasteiger partial charge in [-0.05, 0) is 49.4 Å². The van der Waals surface area contributed by atoms with E-state index in [2.05, 4.69) is 10.2 Å². The van der Waals surface area contributed by atoms with Gasteiger partial charge in [0.25, 0.3) is 5.91 Å². The van der Waals surface area contributed by atoms with E-state index in [9.17, 15) is 9.18 Å². The summed E-state index contributed by atoms with van der Waals surface area (Å²) in [5.41, 5.74) is 1.45. The van der Waals surface area contributed by atoms with E-state index in [0.29, 0.717) is 24.6 Å². The van der Waals surface area contributed by atoms with Crippen molar-refractivity contribution < 1.29 is 13.9 Å². The van der Waals surface area contributed by atoms with E-state index in [1.165, 1.54) is 19.2 Å². The second-order valence-corrected chi connectivity index (χ2v) is 5.89. The number of piperidine rings is 1. The SMILES string of the molecule is COc1ccc(C(=O)N2CCC[C@H](Cc3ccn[nH]3)C2)cc1F. The van der Waals surface area contributed by atoms with Crippen LogP contribution < -0.4 is 4.74 Å². The fraction of sp³-hybridized carbons (Fsp3) is 0.412. The Morgan fingerprint density at radius 1 is 1.48 bits per heavy atom. The first kappa shape index (κ1) is 15.5. The van der Waals surface area contributed by atoms with Crippen LogP contribution in [0.1, 0.15) is 28.9 Å². The number of aromatic nitrogens is 2. The van der Waals surface area contributed by atoms with E-state index < -0.39 is 5.82 Å². The van der Waals surface area contributed by atoms with Crippen LogP contribution in [-0.4, -0.2) is 41.2 Å². The van der Waals surface area contributed by atoms with Crippen molar-refractivity contribution in [2.45, 2.75) is 19.3 Å². The number of methoxy groups -OCH3 is 1. The number of nitrogens with zero attached hydrogens (tertiary/aromatic N) is 2. The van der Waals surface area contributed by atoms with Crippen molar-refractivity contribution in [2.75, 3.05) is 20.2 Å². The molecule has 23 heavy (non-hydrogen) atoms. The van der Waals surface area contributed by atoms with Crippen molar-refractivity contribution in [3.05, 3.63) is 47.5 Å². The molecule has 0 saturated carbocycles. The van der Waals surface area contributed by atoms with Gasteiger partial charge in [-0.15, -0.1) is 0 Å². The Labute approximate surface area is 134 Å². The van der Waals surface area contributed by atoms with Crippen LogP contribution in [0.4, 0.5) is 4.39 Å². The number of carbonyl (C=O) groups excluding carboxylic acids is 1. The first-order valence-corrected chi connectivity index (χ1v) is 7.78. The smallest absolute Gasteiger partial charge is 0.253 e. The summed E-state index contributed by atoms with van der Waals surface area (Å²) in [6.45, 7) is 1.40. The average Bonchev–Trinajstić information content (AvgIpc) is 3.07. The first-order chi connectivity index (χ1) is 11.2. The minimum atomic E-state index is -0.510. The van der Waals surface area contributed by atoms with E-state index >= 15 is 0 Å². The molecule has 1 aliphatic rings. The van der Waals surface area contributed by atoms with Gasteiger partial charge in [-0.3, -0.25) is 9.89 Å². The molecule has 1 aliphatic heterocycles. The highest BCUT2D eigenvalue weighted by atomic mass is 19.1. The van der Waals surface area contributed by atoms with Gasteiger partial charge in [-0.2, -0.15) is 5.10 Å². The maximum atomic E-state index is 13.8. The lowest BCUT2D eigenvalue weighted by molar-refractivity contribution is 0.0672. The zero-order valence-corrected chi connectivity index (χ0v) is 13.1. The molecule has 0 radical (unpaired) electrons. The van der Waals surface area contributed by atoms with E-state index in [4.69, 9.17) is 4.74 Å². The van der Waals surface area contributed by atoms with Crippen LogP contribution in [0.25, 0.3) is 0 Å². The molecule has 1 N–H and O–H groups in total. The molecular weight excluding hydrogens is 297 g/mol. The van der Waals surface area contributed by atoms with Crippen LogP contribution in [0.3, 0.4) is 0 Å². The number of carbonyl (C=O) groups is 1. The fourth-order valence-electron chi connectivity index (χ4n) is 3.11. The molecule has 6 heteroatoms. The highest BCUT2D eigenvalue weighted by molar-refractivity contribution is 5.94. The maximum absolute atomic E-state index is 13.8. The van der Waals surface area contributed by atoms with Crippen LogP contribution in [0, 0.1) is 11.7 Å². The Hall–Kier alpha value is -2.37. The van der Waals surface area contributed by atoms with Gasteiger partial charge in [0.2, 0.25) is 0 Å².